The van der Waals surface area contributed by atoms with Gasteiger partial charge in [0.25, 0.3) is 0 Å². The number of carboxylic acids is 1. The maximum Gasteiger partial charge on any atom is 0.306 e. The van der Waals surface area contributed by atoms with Gasteiger partial charge in [0.05, 0.1) is 40.3 Å². The molecule has 8 nitrogen and oxygen atoms in total. The van der Waals surface area contributed by atoms with E-state index < -0.39 is 18.1 Å². The number of carboxylic acid groups (broad SMARTS) is 1. The number of rotatable bonds is 41. The zero-order valence-corrected chi connectivity index (χ0v) is 39.7. The zero-order valence-electron chi connectivity index (χ0n) is 39.7. The summed E-state index contributed by atoms with van der Waals surface area (Å²) in [6.45, 7) is 4.42. The van der Waals surface area contributed by atoms with Gasteiger partial charge in [-0.3, -0.25) is 9.59 Å². The number of carbonyl (C=O) groups is 3. The van der Waals surface area contributed by atoms with Crippen molar-refractivity contribution in [2.24, 2.45) is 0 Å². The Labute approximate surface area is 378 Å². The molecule has 2 atom stereocenters. The number of esters is 2. The van der Waals surface area contributed by atoms with Crippen molar-refractivity contribution in [1.29, 1.82) is 0 Å². The number of allylic oxidation sites excluding steroid dienone is 18. The molecule has 0 heterocycles. The van der Waals surface area contributed by atoms with Gasteiger partial charge in [0.2, 0.25) is 0 Å². The molecule has 0 spiro atoms. The van der Waals surface area contributed by atoms with E-state index in [2.05, 4.69) is 50.3 Å². The van der Waals surface area contributed by atoms with E-state index in [1.54, 1.807) is 21.1 Å². The molecule has 0 aromatic rings. The molecule has 350 valence electrons. The molecule has 0 aliphatic rings. The molecule has 0 saturated carbocycles. The Morgan fingerprint density at radius 1 is 0.500 bits per heavy atom. The van der Waals surface area contributed by atoms with Crippen molar-refractivity contribution in [2.45, 2.75) is 174 Å². The first-order valence-corrected chi connectivity index (χ1v) is 24.0. The van der Waals surface area contributed by atoms with Crippen molar-refractivity contribution < 1.29 is 38.2 Å². The van der Waals surface area contributed by atoms with Crippen LogP contribution in [-0.4, -0.2) is 75.5 Å². The molecule has 8 heteroatoms. The van der Waals surface area contributed by atoms with Crippen molar-refractivity contribution in [2.75, 3.05) is 41.0 Å². The first kappa shape index (κ1) is 58.0. The van der Waals surface area contributed by atoms with Crippen LogP contribution in [0.3, 0.4) is 0 Å². The van der Waals surface area contributed by atoms with Gasteiger partial charge in [0.1, 0.15) is 12.6 Å². The Morgan fingerprint density at radius 2 is 0.903 bits per heavy atom. The fourth-order valence-electron chi connectivity index (χ4n) is 6.40. The lowest BCUT2D eigenvalue weighted by Gasteiger charge is -2.34. The number of nitrogens with zero attached hydrogens (tertiary/aromatic N) is 1. The number of quaternary nitrogens is 1. The molecule has 0 aromatic heterocycles. The number of aliphatic carboxylic acids is 1. The maximum atomic E-state index is 12.8. The van der Waals surface area contributed by atoms with Gasteiger partial charge in [0.15, 0.2) is 6.10 Å². The summed E-state index contributed by atoms with van der Waals surface area (Å²) in [5, 5.41) is 11.7. The summed E-state index contributed by atoms with van der Waals surface area (Å²) in [5.74, 6) is -1.81. The molecule has 0 radical (unpaired) electrons. The van der Waals surface area contributed by atoms with Crippen molar-refractivity contribution in [1.82, 2.24) is 0 Å². The first-order valence-electron chi connectivity index (χ1n) is 24.0. The summed E-state index contributed by atoms with van der Waals surface area (Å²) < 4.78 is 17.2. The molecule has 62 heavy (non-hydrogen) atoms. The molecule has 0 rings (SSSR count). The third-order valence-corrected chi connectivity index (χ3v) is 10.1. The monoisotopic (exact) mass is 862 g/mol. The van der Waals surface area contributed by atoms with Crippen LogP contribution in [0.25, 0.3) is 0 Å². The lowest BCUT2D eigenvalue weighted by molar-refractivity contribution is -0.889. The second-order valence-electron chi connectivity index (χ2n) is 16.8. The van der Waals surface area contributed by atoms with Crippen LogP contribution >= 0.6 is 0 Å². The third-order valence-electron chi connectivity index (χ3n) is 10.1. The van der Waals surface area contributed by atoms with E-state index in [0.717, 1.165) is 51.4 Å². The zero-order chi connectivity index (χ0) is 45.6. The number of hydrogen-bond acceptors (Lipinski definition) is 7. The van der Waals surface area contributed by atoms with Gasteiger partial charge in [-0.05, 0) is 57.8 Å². The van der Waals surface area contributed by atoms with E-state index >= 15 is 0 Å². The van der Waals surface area contributed by atoms with E-state index in [0.29, 0.717) is 12.8 Å². The summed E-state index contributed by atoms with van der Waals surface area (Å²) in [6.07, 6.45) is 59.6. The quantitative estimate of drug-likeness (QED) is 0.0261. The molecular weight excluding hydrogens is 775 g/mol. The molecular formula is C54H87NO7. The van der Waals surface area contributed by atoms with Gasteiger partial charge in [-0.2, -0.15) is 0 Å². The summed E-state index contributed by atoms with van der Waals surface area (Å²) in [6, 6.07) is -0.741. The van der Waals surface area contributed by atoms with Gasteiger partial charge in [-0.1, -0.05) is 194 Å². The Kier molecular flexibility index (Phi) is 40.8. The standard InChI is InChI=1S/C54H87NO7/c1-6-8-10-12-14-16-18-20-22-24-26-28-30-32-34-36-38-40-42-44-52(56)61-49-50(48-60-47-46-51(54(58)59)55(3,4)5)62-53(57)45-43-41-39-37-35-33-31-29-27-25-23-21-19-17-15-13-11-9-7-2/h8,10,12,14-22,24,26,28,30,32,34,50-51H,6-7,9,11,13,23,25,27,29,31,33,35-49H2,1-5H3/b10-8+,14-12+,17-15+,18-16+,21-19+,22-20+,26-24+,30-28+,34-32+. The normalized spacial score (nSPS) is 13.9. The van der Waals surface area contributed by atoms with Gasteiger partial charge in [0, 0.05) is 19.3 Å². The van der Waals surface area contributed by atoms with Gasteiger partial charge >= 0.3 is 11.9 Å². The van der Waals surface area contributed by atoms with Crippen LogP contribution < -0.4 is 5.11 Å². The second-order valence-corrected chi connectivity index (χ2v) is 16.8. The fraction of sp³-hybridized carbons (Fsp3) is 0.611. The molecule has 0 aromatic carbocycles. The van der Waals surface area contributed by atoms with Crippen molar-refractivity contribution in [3.8, 4) is 0 Å². The van der Waals surface area contributed by atoms with Gasteiger partial charge < -0.3 is 28.6 Å². The van der Waals surface area contributed by atoms with Crippen molar-refractivity contribution in [3.63, 3.8) is 0 Å². The molecule has 0 bridgehead atoms. The lowest BCUT2D eigenvalue weighted by Crippen LogP contribution is -2.55. The summed E-state index contributed by atoms with van der Waals surface area (Å²) in [7, 11) is 5.38. The summed E-state index contributed by atoms with van der Waals surface area (Å²) >= 11 is 0. The van der Waals surface area contributed by atoms with Crippen LogP contribution in [0.15, 0.2) is 109 Å². The van der Waals surface area contributed by atoms with E-state index in [4.69, 9.17) is 14.2 Å². The minimum Gasteiger partial charge on any atom is -0.544 e. The Morgan fingerprint density at radius 3 is 1.37 bits per heavy atom. The predicted molar refractivity (Wildman–Crippen MR) is 258 cm³/mol. The molecule has 0 fully saturated rings. The first-order chi connectivity index (χ1) is 30.1. The Balaban J connectivity index is 4.42. The van der Waals surface area contributed by atoms with Gasteiger partial charge in [-0.15, -0.1) is 0 Å². The van der Waals surface area contributed by atoms with Crippen molar-refractivity contribution in [3.05, 3.63) is 109 Å². The average molecular weight is 862 g/mol. The SMILES string of the molecule is CC/C=C/C=C/C=C/C=C/C=C/C=C/C=C/CCCCCC(=O)OCC(COCCC(C(=O)[O-])[N+](C)(C)C)OC(=O)CCCCCCCCCCCC/C=C/C=C/CCCCC. The molecule has 0 saturated heterocycles. The van der Waals surface area contributed by atoms with Crippen LogP contribution in [0.2, 0.25) is 0 Å². The molecule has 0 aliphatic heterocycles. The number of hydrogen-bond donors (Lipinski definition) is 0. The fourth-order valence-corrected chi connectivity index (χ4v) is 6.40. The maximum absolute atomic E-state index is 12.8. The topological polar surface area (TPSA) is 102 Å². The number of unbranched alkanes of at least 4 members (excludes halogenated alkanes) is 16. The van der Waals surface area contributed by atoms with Crippen LogP contribution in [-0.2, 0) is 28.6 Å². The molecule has 0 N–H and O–H groups in total. The minimum atomic E-state index is -1.14. The summed E-state index contributed by atoms with van der Waals surface area (Å²) in [4.78, 5) is 37.0. The van der Waals surface area contributed by atoms with Crippen LogP contribution in [0, 0.1) is 0 Å². The van der Waals surface area contributed by atoms with Crippen LogP contribution in [0.4, 0.5) is 0 Å². The Hall–Kier alpha value is -4.01. The minimum absolute atomic E-state index is 0.0169. The molecule has 2 unspecified atom stereocenters. The highest BCUT2D eigenvalue weighted by Gasteiger charge is 2.25. The van der Waals surface area contributed by atoms with E-state index in [1.807, 2.05) is 72.9 Å². The van der Waals surface area contributed by atoms with Gasteiger partial charge in [-0.25, -0.2) is 0 Å². The lowest BCUT2D eigenvalue weighted by atomic mass is 10.1. The molecule has 0 amide bonds. The largest absolute Gasteiger partial charge is 0.544 e. The Bertz CT molecular complexity index is 1370. The smallest absolute Gasteiger partial charge is 0.306 e. The highest BCUT2D eigenvalue weighted by molar-refractivity contribution is 5.70. The van der Waals surface area contributed by atoms with Crippen molar-refractivity contribution >= 4 is 17.9 Å². The van der Waals surface area contributed by atoms with E-state index in [9.17, 15) is 19.5 Å². The summed E-state index contributed by atoms with van der Waals surface area (Å²) in [5.41, 5.74) is 0. The number of likely N-dealkylation sites (N-methyl/N-ethyl adjacent to an activating group) is 1. The highest BCUT2D eigenvalue weighted by Crippen LogP contribution is 2.14. The number of carbonyl (C=O) groups excluding carboxylic acids is 3. The average Bonchev–Trinajstić information content (AvgIpc) is 3.23. The predicted octanol–water partition coefficient (Wildman–Crippen LogP) is 12.3. The van der Waals surface area contributed by atoms with Crippen LogP contribution in [0.1, 0.15) is 162 Å². The molecule has 0 aliphatic carbocycles. The van der Waals surface area contributed by atoms with E-state index in [-0.39, 0.29) is 49.1 Å². The second kappa shape index (κ2) is 43.6. The highest BCUT2D eigenvalue weighted by atomic mass is 16.6. The van der Waals surface area contributed by atoms with E-state index in [1.165, 1.54) is 70.6 Å². The van der Waals surface area contributed by atoms with Crippen LogP contribution in [0.5, 0.6) is 0 Å². The third kappa shape index (κ3) is 41.3. The number of ether oxygens (including phenoxy) is 3.